The monoisotopic (exact) mass is 410 g/mol. The van der Waals surface area contributed by atoms with Crippen molar-refractivity contribution >= 4 is 11.8 Å². The molecule has 0 bridgehead atoms. The Morgan fingerprint density at radius 2 is 1.77 bits per heavy atom. The minimum absolute atomic E-state index is 0.0558. The molecule has 3 rings (SSSR count). The van der Waals surface area contributed by atoms with Crippen molar-refractivity contribution in [2.45, 2.75) is 26.3 Å². The van der Waals surface area contributed by atoms with Crippen LogP contribution in [0.15, 0.2) is 48.5 Å². The van der Waals surface area contributed by atoms with Gasteiger partial charge in [-0.3, -0.25) is 9.59 Å². The van der Waals surface area contributed by atoms with Gasteiger partial charge in [-0.1, -0.05) is 56.3 Å². The summed E-state index contributed by atoms with van der Waals surface area (Å²) in [6.07, 6.45) is 0. The van der Waals surface area contributed by atoms with Gasteiger partial charge in [-0.15, -0.1) is 0 Å². The van der Waals surface area contributed by atoms with E-state index in [2.05, 4.69) is 5.32 Å². The zero-order chi connectivity index (χ0) is 21.7. The maximum Gasteiger partial charge on any atom is 0.225 e. The summed E-state index contributed by atoms with van der Waals surface area (Å²) in [4.78, 5) is 27.7. The summed E-state index contributed by atoms with van der Waals surface area (Å²) >= 11 is 0. The van der Waals surface area contributed by atoms with Gasteiger partial charge in [-0.05, 0) is 11.6 Å². The van der Waals surface area contributed by atoms with E-state index in [1.165, 1.54) is 0 Å². The van der Waals surface area contributed by atoms with Gasteiger partial charge < -0.3 is 19.7 Å². The molecule has 0 saturated carbocycles. The number of methoxy groups -OCH3 is 2. The molecule has 1 aliphatic heterocycles. The zero-order valence-corrected chi connectivity index (χ0v) is 18.1. The van der Waals surface area contributed by atoms with E-state index < -0.39 is 0 Å². The molecule has 2 unspecified atom stereocenters. The van der Waals surface area contributed by atoms with E-state index >= 15 is 0 Å². The normalized spacial score (nSPS) is 18.4. The van der Waals surface area contributed by atoms with Crippen LogP contribution in [0.4, 0.5) is 0 Å². The second kappa shape index (κ2) is 9.65. The van der Waals surface area contributed by atoms with Crippen molar-refractivity contribution in [2.24, 2.45) is 11.8 Å². The van der Waals surface area contributed by atoms with Gasteiger partial charge in [0.1, 0.15) is 0 Å². The molecule has 1 aliphatic rings. The number of benzene rings is 2. The van der Waals surface area contributed by atoms with Crippen LogP contribution in [-0.4, -0.2) is 44.0 Å². The van der Waals surface area contributed by atoms with Crippen LogP contribution in [0.3, 0.4) is 0 Å². The van der Waals surface area contributed by atoms with Crippen molar-refractivity contribution in [2.75, 3.05) is 27.3 Å². The molecule has 6 heteroatoms. The van der Waals surface area contributed by atoms with Crippen molar-refractivity contribution < 1.29 is 19.1 Å². The van der Waals surface area contributed by atoms with Crippen LogP contribution in [0.25, 0.3) is 0 Å². The minimum atomic E-state index is -0.364. The van der Waals surface area contributed by atoms with Crippen LogP contribution >= 0.6 is 0 Å². The van der Waals surface area contributed by atoms with Gasteiger partial charge in [0.25, 0.3) is 0 Å². The van der Waals surface area contributed by atoms with E-state index in [9.17, 15) is 9.59 Å². The van der Waals surface area contributed by atoms with Crippen LogP contribution in [0, 0.1) is 11.8 Å². The predicted octanol–water partition coefficient (Wildman–Crippen LogP) is 3.22. The fraction of sp³-hybridized carbons (Fsp3) is 0.417. The van der Waals surface area contributed by atoms with E-state index in [1.54, 1.807) is 19.1 Å². The Hall–Kier alpha value is -3.02. The first-order chi connectivity index (χ1) is 14.5. The van der Waals surface area contributed by atoms with Crippen molar-refractivity contribution in [1.82, 2.24) is 10.2 Å². The summed E-state index contributed by atoms with van der Waals surface area (Å²) in [5, 5.41) is 3.05. The van der Waals surface area contributed by atoms with Crippen molar-refractivity contribution in [3.63, 3.8) is 0 Å². The average molecular weight is 411 g/mol. The molecular formula is C24H30N2O4. The second-order valence-corrected chi connectivity index (χ2v) is 7.90. The molecule has 1 N–H and O–H groups in total. The quantitative estimate of drug-likeness (QED) is 0.761. The summed E-state index contributed by atoms with van der Waals surface area (Å²) in [7, 11) is 3.19. The van der Waals surface area contributed by atoms with Crippen LogP contribution in [0.2, 0.25) is 0 Å². The topological polar surface area (TPSA) is 67.9 Å². The third kappa shape index (κ3) is 4.58. The van der Waals surface area contributed by atoms with E-state index in [4.69, 9.17) is 9.47 Å². The first-order valence-electron chi connectivity index (χ1n) is 10.3. The number of hydrogen-bond acceptors (Lipinski definition) is 4. The Kier molecular flexibility index (Phi) is 6.98. The SMILES string of the molecule is COc1cccc(C2CN(C(=O)C(C)C)CC2C(=O)NCc2ccccc2)c1OC. The van der Waals surface area contributed by atoms with Crippen molar-refractivity contribution in [1.29, 1.82) is 0 Å². The van der Waals surface area contributed by atoms with Crippen molar-refractivity contribution in [3.05, 3.63) is 59.7 Å². The fourth-order valence-corrected chi connectivity index (χ4v) is 4.05. The Bertz CT molecular complexity index is 882. The fourth-order valence-electron chi connectivity index (χ4n) is 4.05. The number of carbonyl (C=O) groups is 2. The van der Waals surface area contributed by atoms with Crippen LogP contribution in [-0.2, 0) is 16.1 Å². The van der Waals surface area contributed by atoms with Gasteiger partial charge in [0, 0.05) is 37.0 Å². The number of ether oxygens (including phenoxy) is 2. The molecule has 2 atom stereocenters. The molecule has 6 nitrogen and oxygen atoms in total. The lowest BCUT2D eigenvalue weighted by atomic mass is 9.87. The number of nitrogens with zero attached hydrogens (tertiary/aromatic N) is 1. The van der Waals surface area contributed by atoms with E-state index in [0.29, 0.717) is 31.1 Å². The number of nitrogens with one attached hydrogen (secondary N) is 1. The molecule has 2 aromatic rings. The number of likely N-dealkylation sites (tertiary alicyclic amines) is 1. The van der Waals surface area contributed by atoms with Crippen LogP contribution < -0.4 is 14.8 Å². The third-order valence-electron chi connectivity index (χ3n) is 5.60. The van der Waals surface area contributed by atoms with E-state index in [1.807, 2.05) is 62.4 Å². The second-order valence-electron chi connectivity index (χ2n) is 7.90. The van der Waals surface area contributed by atoms with Gasteiger partial charge in [0.2, 0.25) is 11.8 Å². The zero-order valence-electron chi connectivity index (χ0n) is 18.1. The predicted molar refractivity (Wildman–Crippen MR) is 115 cm³/mol. The van der Waals surface area contributed by atoms with Gasteiger partial charge in [0.05, 0.1) is 20.1 Å². The van der Waals surface area contributed by atoms with Crippen molar-refractivity contribution in [3.8, 4) is 11.5 Å². The molecule has 1 heterocycles. The molecule has 0 spiro atoms. The van der Waals surface area contributed by atoms with Gasteiger partial charge in [0.15, 0.2) is 11.5 Å². The number of hydrogen-bond donors (Lipinski definition) is 1. The number of carbonyl (C=O) groups excluding carboxylic acids is 2. The first kappa shape index (κ1) is 21.7. The van der Waals surface area contributed by atoms with Gasteiger partial charge in [-0.2, -0.15) is 0 Å². The lowest BCUT2D eigenvalue weighted by molar-refractivity contribution is -0.133. The molecule has 0 aromatic heterocycles. The molecule has 30 heavy (non-hydrogen) atoms. The molecule has 1 fully saturated rings. The summed E-state index contributed by atoms with van der Waals surface area (Å²) in [6, 6.07) is 15.5. The number of rotatable bonds is 7. The molecule has 160 valence electrons. The van der Waals surface area contributed by atoms with Gasteiger partial charge >= 0.3 is 0 Å². The van der Waals surface area contributed by atoms with Crippen LogP contribution in [0.5, 0.6) is 11.5 Å². The molecule has 2 amide bonds. The Labute approximate surface area is 178 Å². The highest BCUT2D eigenvalue weighted by atomic mass is 16.5. The summed E-state index contributed by atoms with van der Waals surface area (Å²) in [5.74, 6) is 0.569. The van der Waals surface area contributed by atoms with E-state index in [-0.39, 0.29) is 29.6 Å². The Morgan fingerprint density at radius 3 is 2.40 bits per heavy atom. The molecule has 1 saturated heterocycles. The minimum Gasteiger partial charge on any atom is -0.493 e. The third-order valence-corrected chi connectivity index (χ3v) is 5.60. The smallest absolute Gasteiger partial charge is 0.225 e. The number of amides is 2. The van der Waals surface area contributed by atoms with E-state index in [0.717, 1.165) is 11.1 Å². The largest absolute Gasteiger partial charge is 0.493 e. The lowest BCUT2D eigenvalue weighted by Crippen LogP contribution is -2.36. The average Bonchev–Trinajstić information content (AvgIpc) is 3.22. The highest BCUT2D eigenvalue weighted by molar-refractivity contribution is 5.84. The summed E-state index contributed by atoms with van der Waals surface area (Å²) < 4.78 is 11.1. The molecule has 0 radical (unpaired) electrons. The maximum absolute atomic E-state index is 13.2. The lowest BCUT2D eigenvalue weighted by Gasteiger charge is -2.21. The Balaban J connectivity index is 1.88. The van der Waals surface area contributed by atoms with Crippen LogP contribution in [0.1, 0.15) is 30.9 Å². The molecule has 2 aromatic carbocycles. The first-order valence-corrected chi connectivity index (χ1v) is 10.3. The Morgan fingerprint density at radius 1 is 1.03 bits per heavy atom. The summed E-state index contributed by atoms with van der Waals surface area (Å²) in [6.45, 7) is 5.08. The van der Waals surface area contributed by atoms with Gasteiger partial charge in [-0.25, -0.2) is 0 Å². The maximum atomic E-state index is 13.2. The highest BCUT2D eigenvalue weighted by Gasteiger charge is 2.42. The molecule has 0 aliphatic carbocycles. The number of para-hydroxylation sites is 1. The standard InChI is InChI=1S/C24H30N2O4/c1-16(2)24(28)26-14-19(18-11-8-12-21(29-3)22(18)30-4)20(15-26)23(27)25-13-17-9-6-5-7-10-17/h5-12,16,19-20H,13-15H2,1-4H3,(H,25,27). The highest BCUT2D eigenvalue weighted by Crippen LogP contribution is 2.42. The molecular weight excluding hydrogens is 380 g/mol. The summed E-state index contributed by atoms with van der Waals surface area (Å²) in [5.41, 5.74) is 1.92.